The van der Waals surface area contributed by atoms with Crippen LogP contribution >= 0.6 is 11.6 Å². The van der Waals surface area contributed by atoms with Crippen molar-refractivity contribution in [3.63, 3.8) is 0 Å². The van der Waals surface area contributed by atoms with Crippen LogP contribution in [0.3, 0.4) is 0 Å². The number of nitrogens with zero attached hydrogens (tertiary/aromatic N) is 1. The van der Waals surface area contributed by atoms with E-state index in [4.69, 9.17) is 11.6 Å². The molecular weight excluding hydrogens is 336 g/mol. The van der Waals surface area contributed by atoms with Crippen LogP contribution in [0, 0.1) is 18.8 Å². The summed E-state index contributed by atoms with van der Waals surface area (Å²) in [6.45, 7) is 4.90. The molecule has 1 aromatic carbocycles. The standard InChI is InChI=1S/C20H29ClN2O2/c1-4-5-12-23(3)20(25)16-9-7-15(8-10-16)19(24)22-18-13-17(21)11-6-14(18)2/h6,11,13,15-16H,4-5,7-10,12H2,1-3H3,(H,22,24). The monoisotopic (exact) mass is 364 g/mol. The molecule has 1 aliphatic rings. The predicted molar refractivity (Wildman–Crippen MR) is 103 cm³/mol. The first-order valence-electron chi connectivity index (χ1n) is 9.24. The topological polar surface area (TPSA) is 49.4 Å². The normalized spacial score (nSPS) is 20.2. The number of benzene rings is 1. The van der Waals surface area contributed by atoms with E-state index in [9.17, 15) is 9.59 Å². The number of hydrogen-bond acceptors (Lipinski definition) is 2. The van der Waals surface area contributed by atoms with Gasteiger partial charge in [0, 0.05) is 36.1 Å². The van der Waals surface area contributed by atoms with Gasteiger partial charge in [-0.2, -0.15) is 0 Å². The first kappa shape index (κ1) is 19.8. The van der Waals surface area contributed by atoms with Crippen LogP contribution in [-0.2, 0) is 9.59 Å². The molecule has 138 valence electrons. The molecule has 1 aliphatic carbocycles. The quantitative estimate of drug-likeness (QED) is 0.798. The van der Waals surface area contributed by atoms with Gasteiger partial charge in [0.15, 0.2) is 0 Å². The molecule has 2 amide bonds. The maximum Gasteiger partial charge on any atom is 0.227 e. The Bertz CT molecular complexity index is 610. The van der Waals surface area contributed by atoms with E-state index < -0.39 is 0 Å². The van der Waals surface area contributed by atoms with Crippen molar-refractivity contribution in [1.82, 2.24) is 4.90 Å². The zero-order valence-electron chi connectivity index (χ0n) is 15.5. The van der Waals surface area contributed by atoms with E-state index >= 15 is 0 Å². The molecule has 0 spiro atoms. The fraction of sp³-hybridized carbons (Fsp3) is 0.600. The molecule has 4 nitrogen and oxygen atoms in total. The fourth-order valence-electron chi connectivity index (χ4n) is 3.38. The van der Waals surface area contributed by atoms with Crippen molar-refractivity contribution in [2.45, 2.75) is 52.4 Å². The van der Waals surface area contributed by atoms with Gasteiger partial charge in [-0.25, -0.2) is 0 Å². The Hall–Kier alpha value is -1.55. The van der Waals surface area contributed by atoms with Crippen LogP contribution in [0.25, 0.3) is 0 Å². The van der Waals surface area contributed by atoms with Crippen molar-refractivity contribution in [3.05, 3.63) is 28.8 Å². The minimum absolute atomic E-state index is 0.0246. The van der Waals surface area contributed by atoms with Crippen LogP contribution in [0.15, 0.2) is 18.2 Å². The highest BCUT2D eigenvalue weighted by Gasteiger charge is 2.31. The Labute approximate surface area is 155 Å². The van der Waals surface area contributed by atoms with Crippen LogP contribution in [-0.4, -0.2) is 30.3 Å². The average molecular weight is 365 g/mol. The molecule has 5 heteroatoms. The van der Waals surface area contributed by atoms with Gasteiger partial charge in [-0.15, -0.1) is 0 Å². The second-order valence-corrected chi connectivity index (χ2v) is 7.55. The van der Waals surface area contributed by atoms with Crippen molar-refractivity contribution in [1.29, 1.82) is 0 Å². The van der Waals surface area contributed by atoms with Gasteiger partial charge in [-0.3, -0.25) is 9.59 Å². The van der Waals surface area contributed by atoms with Crippen molar-refractivity contribution in [2.24, 2.45) is 11.8 Å². The number of rotatable bonds is 6. The van der Waals surface area contributed by atoms with Crippen LogP contribution < -0.4 is 5.32 Å². The van der Waals surface area contributed by atoms with E-state index in [1.54, 1.807) is 6.07 Å². The number of hydrogen-bond donors (Lipinski definition) is 1. The average Bonchev–Trinajstić information content (AvgIpc) is 2.62. The molecule has 0 saturated heterocycles. The first-order valence-corrected chi connectivity index (χ1v) is 9.62. The number of aryl methyl sites for hydroxylation is 1. The third-order valence-corrected chi connectivity index (χ3v) is 5.36. The number of carbonyl (C=O) groups is 2. The summed E-state index contributed by atoms with van der Waals surface area (Å²) in [6.07, 6.45) is 5.25. The number of carbonyl (C=O) groups excluding carboxylic acids is 2. The highest BCUT2D eigenvalue weighted by molar-refractivity contribution is 6.31. The SMILES string of the molecule is CCCCN(C)C(=O)C1CCC(C(=O)Nc2cc(Cl)ccc2C)CC1. The Kier molecular flexibility index (Phi) is 7.30. The van der Waals surface area contributed by atoms with Gasteiger partial charge in [0.1, 0.15) is 0 Å². The summed E-state index contributed by atoms with van der Waals surface area (Å²) in [5.41, 5.74) is 1.77. The third-order valence-electron chi connectivity index (χ3n) is 5.13. The summed E-state index contributed by atoms with van der Waals surface area (Å²) < 4.78 is 0. The second kappa shape index (κ2) is 9.23. The smallest absolute Gasteiger partial charge is 0.227 e. The lowest BCUT2D eigenvalue weighted by atomic mass is 9.81. The van der Waals surface area contributed by atoms with E-state index in [-0.39, 0.29) is 23.7 Å². The lowest BCUT2D eigenvalue weighted by molar-refractivity contribution is -0.136. The lowest BCUT2D eigenvalue weighted by Gasteiger charge is -2.30. The summed E-state index contributed by atoms with van der Waals surface area (Å²) in [5.74, 6) is 0.316. The molecule has 0 aliphatic heterocycles. The molecular formula is C20H29ClN2O2. The van der Waals surface area contributed by atoms with E-state index in [1.165, 1.54) is 0 Å². The number of anilines is 1. The molecule has 25 heavy (non-hydrogen) atoms. The molecule has 0 atom stereocenters. The zero-order chi connectivity index (χ0) is 18.4. The van der Waals surface area contributed by atoms with Crippen LogP contribution in [0.5, 0.6) is 0 Å². The van der Waals surface area contributed by atoms with Crippen LogP contribution in [0.4, 0.5) is 5.69 Å². The Morgan fingerprint density at radius 3 is 2.48 bits per heavy atom. The minimum atomic E-state index is -0.0246. The van der Waals surface area contributed by atoms with Gasteiger partial charge in [0.2, 0.25) is 11.8 Å². The van der Waals surface area contributed by atoms with Crippen molar-refractivity contribution < 1.29 is 9.59 Å². The third kappa shape index (κ3) is 5.46. The van der Waals surface area contributed by atoms with E-state index in [0.29, 0.717) is 5.02 Å². The molecule has 1 saturated carbocycles. The molecule has 1 aromatic rings. The molecule has 0 bridgehead atoms. The molecule has 2 rings (SSSR count). The maximum absolute atomic E-state index is 12.5. The minimum Gasteiger partial charge on any atom is -0.346 e. The molecule has 0 radical (unpaired) electrons. The van der Waals surface area contributed by atoms with Gasteiger partial charge < -0.3 is 10.2 Å². The Balaban J connectivity index is 1.86. The maximum atomic E-state index is 12.5. The highest BCUT2D eigenvalue weighted by atomic mass is 35.5. The molecule has 0 heterocycles. The molecule has 1 N–H and O–H groups in total. The van der Waals surface area contributed by atoms with E-state index in [0.717, 1.165) is 56.3 Å². The molecule has 0 aromatic heterocycles. The largest absolute Gasteiger partial charge is 0.346 e. The van der Waals surface area contributed by atoms with Gasteiger partial charge in [-0.05, 0) is 56.7 Å². The van der Waals surface area contributed by atoms with Gasteiger partial charge in [0.05, 0.1) is 0 Å². The summed E-state index contributed by atoms with van der Waals surface area (Å²) in [4.78, 5) is 26.8. The lowest BCUT2D eigenvalue weighted by Crippen LogP contribution is -2.37. The summed E-state index contributed by atoms with van der Waals surface area (Å²) >= 11 is 6.01. The van der Waals surface area contributed by atoms with E-state index in [1.807, 2.05) is 31.0 Å². The Morgan fingerprint density at radius 2 is 1.84 bits per heavy atom. The Morgan fingerprint density at radius 1 is 1.20 bits per heavy atom. The summed E-state index contributed by atoms with van der Waals surface area (Å²) in [5, 5.41) is 3.61. The van der Waals surface area contributed by atoms with Crippen molar-refractivity contribution in [2.75, 3.05) is 18.9 Å². The number of unbranched alkanes of at least 4 members (excludes halogenated alkanes) is 1. The number of amides is 2. The van der Waals surface area contributed by atoms with Crippen LogP contribution in [0.2, 0.25) is 5.02 Å². The summed E-state index contributed by atoms with van der Waals surface area (Å²) in [7, 11) is 1.89. The second-order valence-electron chi connectivity index (χ2n) is 7.11. The molecule has 1 fully saturated rings. The van der Waals surface area contributed by atoms with Crippen molar-refractivity contribution in [3.8, 4) is 0 Å². The van der Waals surface area contributed by atoms with E-state index in [2.05, 4.69) is 12.2 Å². The predicted octanol–water partition coefficient (Wildman–Crippen LogP) is 4.65. The van der Waals surface area contributed by atoms with Crippen LogP contribution in [0.1, 0.15) is 51.0 Å². The fourth-order valence-corrected chi connectivity index (χ4v) is 3.56. The van der Waals surface area contributed by atoms with Gasteiger partial charge in [-0.1, -0.05) is 31.0 Å². The number of nitrogens with one attached hydrogen (secondary N) is 1. The van der Waals surface area contributed by atoms with Gasteiger partial charge >= 0.3 is 0 Å². The van der Waals surface area contributed by atoms with Gasteiger partial charge in [0.25, 0.3) is 0 Å². The van der Waals surface area contributed by atoms with Crippen molar-refractivity contribution >= 4 is 29.1 Å². The highest BCUT2D eigenvalue weighted by Crippen LogP contribution is 2.31. The number of halogens is 1. The summed E-state index contributed by atoms with van der Waals surface area (Å²) in [6, 6.07) is 5.50. The zero-order valence-corrected chi connectivity index (χ0v) is 16.2. The molecule has 0 unspecified atom stereocenters. The first-order chi connectivity index (χ1) is 11.9.